The van der Waals surface area contributed by atoms with Gasteiger partial charge in [-0.1, -0.05) is 56.0 Å². The normalized spacial score (nSPS) is 24.2. The summed E-state index contributed by atoms with van der Waals surface area (Å²) >= 11 is 2.88. The summed E-state index contributed by atoms with van der Waals surface area (Å²) in [6.45, 7) is 4.18. The van der Waals surface area contributed by atoms with E-state index < -0.39 is 0 Å². The number of thiazole rings is 1. The van der Waals surface area contributed by atoms with Crippen LogP contribution < -0.4 is 10.2 Å². The van der Waals surface area contributed by atoms with Crippen LogP contribution in [0.1, 0.15) is 31.4 Å². The first-order chi connectivity index (χ1) is 17.5. The molecule has 3 aliphatic rings. The van der Waals surface area contributed by atoms with Crippen molar-refractivity contribution in [1.29, 1.82) is 0 Å². The number of aromatic nitrogens is 1. The van der Waals surface area contributed by atoms with Gasteiger partial charge in [0, 0.05) is 5.69 Å². The maximum absolute atomic E-state index is 13.2. The highest BCUT2D eigenvalue weighted by Gasteiger charge is 2.59. The zero-order valence-corrected chi connectivity index (χ0v) is 21.8. The Hall–Kier alpha value is -2.97. The molecule has 1 N–H and O–H groups in total. The lowest BCUT2D eigenvalue weighted by molar-refractivity contribution is -0.123. The molecule has 1 saturated carbocycles. The molecule has 4 atom stereocenters. The Morgan fingerprint density at radius 1 is 1.06 bits per heavy atom. The summed E-state index contributed by atoms with van der Waals surface area (Å²) < 4.78 is 1.69. The molecule has 184 valence electrons. The molecule has 6 rings (SSSR count). The van der Waals surface area contributed by atoms with Crippen LogP contribution in [0.2, 0.25) is 0 Å². The van der Waals surface area contributed by atoms with E-state index in [2.05, 4.69) is 48.4 Å². The third-order valence-corrected chi connectivity index (χ3v) is 9.83. The van der Waals surface area contributed by atoms with Gasteiger partial charge < -0.3 is 5.32 Å². The molecule has 6 nitrogen and oxygen atoms in total. The number of imide groups is 1. The van der Waals surface area contributed by atoms with E-state index >= 15 is 0 Å². The van der Waals surface area contributed by atoms with Gasteiger partial charge in [0.15, 0.2) is 4.34 Å². The summed E-state index contributed by atoms with van der Waals surface area (Å²) in [4.78, 5) is 45.1. The zero-order chi connectivity index (χ0) is 25.0. The summed E-state index contributed by atoms with van der Waals surface area (Å²) in [5.74, 6) is 0.0302. The van der Waals surface area contributed by atoms with Gasteiger partial charge in [-0.25, -0.2) is 9.88 Å². The number of rotatable bonds is 7. The number of hydrogen-bond donors (Lipinski definition) is 1. The second kappa shape index (κ2) is 9.16. The average molecular weight is 518 g/mol. The molecule has 1 saturated heterocycles. The number of anilines is 2. The van der Waals surface area contributed by atoms with Crippen LogP contribution in [-0.4, -0.2) is 28.5 Å². The molecule has 0 radical (unpaired) electrons. The number of para-hydroxylation sites is 1. The number of amides is 3. The molecule has 0 spiro atoms. The van der Waals surface area contributed by atoms with E-state index in [-0.39, 0.29) is 47.1 Å². The predicted molar refractivity (Wildman–Crippen MR) is 144 cm³/mol. The number of nitrogens with zero attached hydrogens (tertiary/aromatic N) is 2. The molecule has 8 heteroatoms. The SMILES string of the molecule is CCc1cccc(CC)c1NC(=O)CSc1nc2ccc(N3C(=O)[C@@H]4[C@@H](C3=O)[C@@H]3C=C[C@@H]4C3)cc2s1. The number of carbonyl (C=O) groups is 3. The molecule has 2 aromatic carbocycles. The first kappa shape index (κ1) is 23.4. The Labute approximate surface area is 218 Å². The number of carbonyl (C=O) groups excluding carboxylic acids is 3. The minimum absolute atomic E-state index is 0.0569. The van der Waals surface area contributed by atoms with Gasteiger partial charge in [-0.05, 0) is 60.4 Å². The van der Waals surface area contributed by atoms with E-state index in [9.17, 15) is 14.4 Å². The zero-order valence-electron chi connectivity index (χ0n) is 20.2. The molecule has 0 unspecified atom stereocenters. The topological polar surface area (TPSA) is 79.4 Å². The highest BCUT2D eigenvalue weighted by molar-refractivity contribution is 8.01. The molecular formula is C28H27N3O3S2. The lowest BCUT2D eigenvalue weighted by Gasteiger charge is -2.17. The third-order valence-electron chi connectivity index (χ3n) is 7.67. The van der Waals surface area contributed by atoms with Gasteiger partial charge in [-0.2, -0.15) is 0 Å². The number of aryl methyl sites for hydroxylation is 2. The second-order valence-electron chi connectivity index (χ2n) is 9.64. The van der Waals surface area contributed by atoms with E-state index in [4.69, 9.17) is 0 Å². The Bertz CT molecular complexity index is 1380. The molecule has 2 aliphatic carbocycles. The summed E-state index contributed by atoms with van der Waals surface area (Å²) in [6.07, 6.45) is 6.86. The number of thioether (sulfide) groups is 1. The summed E-state index contributed by atoms with van der Waals surface area (Å²) in [7, 11) is 0. The largest absolute Gasteiger partial charge is 0.325 e. The van der Waals surface area contributed by atoms with Crippen LogP contribution in [0.15, 0.2) is 52.9 Å². The smallest absolute Gasteiger partial charge is 0.238 e. The van der Waals surface area contributed by atoms with Crippen molar-refractivity contribution in [2.24, 2.45) is 23.7 Å². The van der Waals surface area contributed by atoms with Crippen molar-refractivity contribution in [2.45, 2.75) is 37.4 Å². The van der Waals surface area contributed by atoms with Gasteiger partial charge >= 0.3 is 0 Å². The van der Waals surface area contributed by atoms with Crippen LogP contribution in [-0.2, 0) is 27.2 Å². The van der Waals surface area contributed by atoms with Gasteiger partial charge in [0.2, 0.25) is 17.7 Å². The Kier molecular flexibility index (Phi) is 5.96. The van der Waals surface area contributed by atoms with Gasteiger partial charge in [0.25, 0.3) is 0 Å². The molecule has 1 aliphatic heterocycles. The van der Waals surface area contributed by atoms with Gasteiger partial charge in [0.1, 0.15) is 0 Å². The minimum Gasteiger partial charge on any atom is -0.325 e. The number of benzene rings is 2. The van der Waals surface area contributed by atoms with Gasteiger partial charge in [0.05, 0.1) is 33.5 Å². The second-order valence-corrected chi connectivity index (χ2v) is 11.9. The number of fused-ring (bicyclic) bond motifs is 6. The fourth-order valence-corrected chi connectivity index (χ4v) is 7.86. The van der Waals surface area contributed by atoms with Crippen LogP contribution in [0.4, 0.5) is 11.4 Å². The lowest BCUT2D eigenvalue weighted by Crippen LogP contribution is -2.32. The number of hydrogen-bond acceptors (Lipinski definition) is 6. The first-order valence-electron chi connectivity index (χ1n) is 12.5. The minimum atomic E-state index is -0.208. The molecule has 2 bridgehead atoms. The van der Waals surface area contributed by atoms with E-state index in [0.717, 1.165) is 50.6 Å². The van der Waals surface area contributed by atoms with Crippen LogP contribution >= 0.6 is 23.1 Å². The van der Waals surface area contributed by atoms with E-state index in [0.29, 0.717) is 5.69 Å². The Morgan fingerprint density at radius 2 is 1.72 bits per heavy atom. The van der Waals surface area contributed by atoms with Gasteiger partial charge in [-0.3, -0.25) is 14.4 Å². The highest BCUT2D eigenvalue weighted by Crippen LogP contribution is 2.53. The van der Waals surface area contributed by atoms with E-state index in [1.165, 1.54) is 28.0 Å². The molecular weight excluding hydrogens is 490 g/mol. The van der Waals surface area contributed by atoms with Gasteiger partial charge in [-0.15, -0.1) is 11.3 Å². The maximum Gasteiger partial charge on any atom is 0.238 e. The Morgan fingerprint density at radius 3 is 2.36 bits per heavy atom. The van der Waals surface area contributed by atoms with Crippen molar-refractivity contribution < 1.29 is 14.4 Å². The third kappa shape index (κ3) is 3.78. The van der Waals surface area contributed by atoms with Crippen molar-refractivity contribution in [3.8, 4) is 0 Å². The molecule has 2 heterocycles. The fraction of sp³-hybridized carbons (Fsp3) is 0.357. The molecule has 36 heavy (non-hydrogen) atoms. The quantitative estimate of drug-likeness (QED) is 0.256. The number of nitrogens with one attached hydrogen (secondary N) is 1. The van der Waals surface area contributed by atoms with E-state index in [1.807, 2.05) is 24.3 Å². The maximum atomic E-state index is 13.2. The molecule has 3 amide bonds. The van der Waals surface area contributed by atoms with Crippen LogP contribution in [0.25, 0.3) is 10.2 Å². The molecule has 1 aromatic heterocycles. The highest BCUT2D eigenvalue weighted by atomic mass is 32.2. The van der Waals surface area contributed by atoms with Crippen molar-refractivity contribution >= 4 is 62.4 Å². The van der Waals surface area contributed by atoms with Crippen LogP contribution in [0, 0.1) is 23.7 Å². The fourth-order valence-electron chi connectivity index (χ4n) is 5.96. The van der Waals surface area contributed by atoms with E-state index in [1.54, 1.807) is 0 Å². The summed E-state index contributed by atoms with van der Waals surface area (Å²) in [5.41, 5.74) is 4.62. The predicted octanol–water partition coefficient (Wildman–Crippen LogP) is 5.46. The van der Waals surface area contributed by atoms with Crippen molar-refractivity contribution in [1.82, 2.24) is 4.98 Å². The number of allylic oxidation sites excluding steroid dienone is 2. The summed E-state index contributed by atoms with van der Waals surface area (Å²) in [5, 5.41) is 3.10. The van der Waals surface area contributed by atoms with Crippen molar-refractivity contribution in [2.75, 3.05) is 16.0 Å². The Balaban J connectivity index is 1.16. The molecule has 2 fully saturated rings. The monoisotopic (exact) mass is 517 g/mol. The molecule has 3 aromatic rings. The van der Waals surface area contributed by atoms with Crippen molar-refractivity contribution in [3.63, 3.8) is 0 Å². The van der Waals surface area contributed by atoms with Crippen molar-refractivity contribution in [3.05, 3.63) is 59.7 Å². The standard InChI is InChI=1S/C28H27N3O3S2/c1-3-15-6-5-7-16(4-2)25(15)30-22(32)14-35-28-29-20-11-10-19(13-21(20)36-28)31-26(33)23-17-8-9-18(12-17)24(23)27(31)34/h5-11,13,17-18,23-24H,3-4,12,14H2,1-2H3,(H,30,32)/t17-,18-,23+,24+/m1/s1. The lowest BCUT2D eigenvalue weighted by atomic mass is 9.85. The van der Waals surface area contributed by atoms with Crippen LogP contribution in [0.3, 0.4) is 0 Å². The van der Waals surface area contributed by atoms with Crippen LogP contribution in [0.5, 0.6) is 0 Å². The average Bonchev–Trinajstić information content (AvgIpc) is 3.65. The summed E-state index contributed by atoms with van der Waals surface area (Å²) in [6, 6.07) is 11.7. The first-order valence-corrected chi connectivity index (χ1v) is 14.3.